The zero-order valence-electron chi connectivity index (χ0n) is 13.7. The molecule has 0 N–H and O–H groups in total. The number of hydrogen-bond acceptors (Lipinski definition) is 0. The molecular weight excluding hydrogens is 259 g/mol. The molecule has 0 saturated carbocycles. The van der Waals surface area contributed by atoms with Gasteiger partial charge in [-0.05, 0) is 0 Å². The fraction of sp³-hybridized carbons (Fsp3) is 0.579. The van der Waals surface area contributed by atoms with Crippen molar-refractivity contribution in [1.29, 1.82) is 0 Å². The third-order valence-corrected chi connectivity index (χ3v) is 10.7. The van der Waals surface area contributed by atoms with Crippen molar-refractivity contribution in [3.05, 3.63) is 48.6 Å². The molecule has 2 aliphatic rings. The van der Waals surface area contributed by atoms with Crippen molar-refractivity contribution < 1.29 is 0 Å². The molecule has 4 atom stereocenters. The summed E-state index contributed by atoms with van der Waals surface area (Å²) < 4.78 is 0. The summed E-state index contributed by atoms with van der Waals surface area (Å²) in [5.74, 6) is 1.92. The van der Waals surface area contributed by atoms with Crippen LogP contribution in [0.3, 0.4) is 0 Å². The molecule has 2 rings (SSSR count). The van der Waals surface area contributed by atoms with Crippen molar-refractivity contribution in [2.45, 2.75) is 32.3 Å². The van der Waals surface area contributed by atoms with Gasteiger partial charge in [-0.2, -0.15) is 0 Å². The summed E-state index contributed by atoms with van der Waals surface area (Å²) in [7, 11) is -1.11. The number of hydrogen-bond donors (Lipinski definition) is 0. The van der Waals surface area contributed by atoms with Gasteiger partial charge in [-0.1, -0.05) is 0 Å². The van der Waals surface area contributed by atoms with Crippen molar-refractivity contribution in [3.63, 3.8) is 0 Å². The van der Waals surface area contributed by atoms with E-state index in [1.165, 1.54) is 30.1 Å². The van der Waals surface area contributed by atoms with Crippen LogP contribution in [-0.4, -0.2) is 25.2 Å². The predicted molar refractivity (Wildman–Crippen MR) is 96.4 cm³/mol. The standard InChI is InChI=1S/C19H31P/c1-7-16-12-18(14(3)17-10-9-11-17)13-19(16)15(4)20(5,6)8-2/h7,9-10,12,15-17,19-20H,1,3,8,11,13H2,2,4-6H3. The SMILES string of the molecule is C=CC1C=C(C(=C)C2C=CC2)CC1C(C)[PH](C)(C)CC. The topological polar surface area (TPSA) is 0 Å². The van der Waals surface area contributed by atoms with Crippen LogP contribution in [0.2, 0.25) is 0 Å². The second-order valence-electron chi connectivity index (χ2n) is 7.30. The average Bonchev–Trinajstić information content (AvgIpc) is 2.79. The van der Waals surface area contributed by atoms with Crippen LogP contribution in [0.15, 0.2) is 48.6 Å². The number of allylic oxidation sites excluding steroid dienone is 6. The van der Waals surface area contributed by atoms with E-state index in [0.29, 0.717) is 11.8 Å². The van der Waals surface area contributed by atoms with Gasteiger partial charge in [-0.25, -0.2) is 0 Å². The first-order valence-electron chi connectivity index (χ1n) is 8.09. The van der Waals surface area contributed by atoms with E-state index in [-0.39, 0.29) is 0 Å². The molecule has 0 radical (unpaired) electrons. The normalized spacial score (nSPS) is 31.4. The van der Waals surface area contributed by atoms with Gasteiger partial charge in [0.2, 0.25) is 0 Å². The van der Waals surface area contributed by atoms with Gasteiger partial charge in [-0.15, -0.1) is 0 Å². The van der Waals surface area contributed by atoms with E-state index in [2.05, 4.69) is 64.6 Å². The molecule has 0 amide bonds. The van der Waals surface area contributed by atoms with Crippen molar-refractivity contribution in [2.24, 2.45) is 17.8 Å². The van der Waals surface area contributed by atoms with Crippen LogP contribution in [-0.2, 0) is 0 Å². The molecule has 0 saturated heterocycles. The quantitative estimate of drug-likeness (QED) is 0.461. The molecule has 20 heavy (non-hydrogen) atoms. The number of rotatable bonds is 6. The maximum atomic E-state index is 4.36. The van der Waals surface area contributed by atoms with Gasteiger partial charge in [0.15, 0.2) is 0 Å². The van der Waals surface area contributed by atoms with Crippen molar-refractivity contribution in [3.8, 4) is 0 Å². The van der Waals surface area contributed by atoms with E-state index in [1.54, 1.807) is 0 Å². The van der Waals surface area contributed by atoms with Crippen LogP contribution in [0, 0.1) is 17.8 Å². The Balaban J connectivity index is 2.12. The van der Waals surface area contributed by atoms with Crippen LogP contribution in [0.25, 0.3) is 0 Å². The minimum atomic E-state index is -1.11. The van der Waals surface area contributed by atoms with E-state index >= 15 is 0 Å². The van der Waals surface area contributed by atoms with Gasteiger partial charge in [0.25, 0.3) is 0 Å². The first kappa shape index (κ1) is 15.8. The van der Waals surface area contributed by atoms with Gasteiger partial charge in [-0.3, -0.25) is 0 Å². The minimum absolute atomic E-state index is 0.555. The summed E-state index contributed by atoms with van der Waals surface area (Å²) in [5.41, 5.74) is 3.72. The van der Waals surface area contributed by atoms with Gasteiger partial charge in [0.1, 0.15) is 0 Å². The summed E-state index contributed by atoms with van der Waals surface area (Å²) in [6.45, 7) is 18.4. The molecule has 0 spiro atoms. The van der Waals surface area contributed by atoms with Gasteiger partial charge in [0, 0.05) is 0 Å². The van der Waals surface area contributed by atoms with Crippen LogP contribution >= 0.6 is 7.26 Å². The molecule has 4 unspecified atom stereocenters. The molecule has 0 aromatic rings. The summed E-state index contributed by atoms with van der Waals surface area (Å²) in [5, 5.41) is 0. The van der Waals surface area contributed by atoms with Crippen LogP contribution in [0.1, 0.15) is 26.7 Å². The molecular formula is C19H31P. The first-order valence-corrected chi connectivity index (χ1v) is 11.4. The summed E-state index contributed by atoms with van der Waals surface area (Å²) >= 11 is 0. The van der Waals surface area contributed by atoms with Crippen LogP contribution < -0.4 is 0 Å². The van der Waals surface area contributed by atoms with Gasteiger partial charge >= 0.3 is 125 Å². The molecule has 0 nitrogen and oxygen atoms in total. The molecule has 0 aromatic carbocycles. The Labute approximate surface area is 126 Å². The molecule has 0 aliphatic heterocycles. The van der Waals surface area contributed by atoms with Crippen molar-refractivity contribution >= 4 is 7.26 Å². The van der Waals surface area contributed by atoms with E-state index in [4.69, 9.17) is 0 Å². The van der Waals surface area contributed by atoms with Crippen LogP contribution in [0.4, 0.5) is 0 Å². The fourth-order valence-corrected chi connectivity index (χ4v) is 5.62. The fourth-order valence-electron chi connectivity index (χ4n) is 3.48. The monoisotopic (exact) mass is 290 g/mol. The Morgan fingerprint density at radius 3 is 2.60 bits per heavy atom. The molecule has 0 heterocycles. The molecule has 0 bridgehead atoms. The van der Waals surface area contributed by atoms with E-state index in [1.807, 2.05) is 0 Å². The van der Waals surface area contributed by atoms with Crippen LogP contribution in [0.5, 0.6) is 0 Å². The second kappa shape index (κ2) is 6.02. The third kappa shape index (κ3) is 2.86. The Bertz CT molecular complexity index is 452. The molecule has 0 fully saturated rings. The molecule has 0 aromatic heterocycles. The average molecular weight is 290 g/mol. The maximum absolute atomic E-state index is 4.36. The molecule has 2 aliphatic carbocycles. The molecule has 112 valence electrons. The Hall–Kier alpha value is -0.610. The third-order valence-electron chi connectivity index (χ3n) is 6.02. The summed E-state index contributed by atoms with van der Waals surface area (Å²) in [6.07, 6.45) is 13.0. The molecule has 1 heteroatoms. The summed E-state index contributed by atoms with van der Waals surface area (Å²) in [6, 6.07) is 0. The Morgan fingerprint density at radius 1 is 1.50 bits per heavy atom. The van der Waals surface area contributed by atoms with E-state index in [0.717, 1.165) is 11.6 Å². The van der Waals surface area contributed by atoms with Gasteiger partial charge in [0.05, 0.1) is 0 Å². The first-order chi connectivity index (χ1) is 9.40. The zero-order chi connectivity index (χ0) is 14.9. The van der Waals surface area contributed by atoms with Crippen molar-refractivity contribution in [1.82, 2.24) is 0 Å². The van der Waals surface area contributed by atoms with Crippen molar-refractivity contribution in [2.75, 3.05) is 19.5 Å². The predicted octanol–water partition coefficient (Wildman–Crippen LogP) is 5.29. The van der Waals surface area contributed by atoms with E-state index < -0.39 is 7.26 Å². The zero-order valence-corrected chi connectivity index (χ0v) is 14.7. The summed E-state index contributed by atoms with van der Waals surface area (Å²) in [4.78, 5) is 0. The van der Waals surface area contributed by atoms with E-state index in [9.17, 15) is 0 Å². The Morgan fingerprint density at radius 2 is 2.15 bits per heavy atom. The van der Waals surface area contributed by atoms with Gasteiger partial charge < -0.3 is 0 Å². The second-order valence-corrected chi connectivity index (χ2v) is 12.9. The Kier molecular flexibility index (Phi) is 4.75.